The van der Waals surface area contributed by atoms with Gasteiger partial charge in [-0.05, 0) is 95.0 Å². The van der Waals surface area contributed by atoms with E-state index in [9.17, 15) is 39.4 Å². The molecule has 1 aromatic rings. The molecular weight excluding hydrogens is 686 g/mol. The van der Waals surface area contributed by atoms with Crippen molar-refractivity contribution in [1.82, 2.24) is 21.1 Å². The first-order valence-corrected chi connectivity index (χ1v) is 20.1. The van der Waals surface area contributed by atoms with Crippen molar-refractivity contribution in [2.75, 3.05) is 26.2 Å². The zero-order valence-electron chi connectivity index (χ0n) is 32.9. The van der Waals surface area contributed by atoms with Crippen LogP contribution in [-0.2, 0) is 19.2 Å². The summed E-state index contributed by atoms with van der Waals surface area (Å²) in [6.45, 7) is 9.02. The molecule has 2 rings (SSSR count). The van der Waals surface area contributed by atoms with Gasteiger partial charge in [-0.15, -0.1) is 0 Å². The topological polar surface area (TPSA) is 197 Å². The van der Waals surface area contributed by atoms with E-state index in [4.69, 9.17) is 0 Å². The second kappa shape index (κ2) is 26.4. The zero-order valence-corrected chi connectivity index (χ0v) is 32.9. The van der Waals surface area contributed by atoms with Crippen molar-refractivity contribution < 1.29 is 39.4 Å². The highest BCUT2D eigenvalue weighted by Gasteiger charge is 2.45. The summed E-state index contributed by atoms with van der Waals surface area (Å²) in [4.78, 5) is 53.9. The highest BCUT2D eigenvalue weighted by Crippen LogP contribution is 2.41. The van der Waals surface area contributed by atoms with Gasteiger partial charge in [0.2, 0.25) is 11.8 Å². The Morgan fingerprint density at radius 2 is 1.22 bits per heavy atom. The molecule has 7 atom stereocenters. The van der Waals surface area contributed by atoms with Gasteiger partial charge in [0, 0.05) is 19.0 Å². The smallest absolute Gasteiger partial charge is 0.373 e. The summed E-state index contributed by atoms with van der Waals surface area (Å²) in [7, 11) is -1.12. The number of carbonyl (C=O) groups excluding carboxylic acids is 2. The molecule has 7 unspecified atom stereocenters. The van der Waals surface area contributed by atoms with Crippen LogP contribution in [0.4, 0.5) is 0 Å². The molecule has 54 heavy (non-hydrogen) atoms. The second-order valence-corrected chi connectivity index (χ2v) is 15.0. The van der Waals surface area contributed by atoms with Crippen molar-refractivity contribution in [3.05, 3.63) is 60.2 Å². The molecule has 2 amide bonds. The third kappa shape index (κ3) is 17.8. The maximum atomic E-state index is 14.4. The maximum Gasteiger partial charge on any atom is 0.373 e. The number of hydrogen-bond acceptors (Lipinski definition) is 8. The Morgan fingerprint density at radius 3 is 1.70 bits per heavy atom. The third-order valence-corrected chi connectivity index (χ3v) is 10.6. The molecule has 1 aliphatic rings. The molecular formula is C40H66B2N4O8. The standard InChI is InChI=1S/C40H66B2N4O8/c1-29(31-19-11-9-12-20-31)27-35(40(51)52)36(38(48)44-24-16-6-8-18-26-46-42(4)54)34(32-21-13-10-14-22-32)28-33(39(49)50)30(2)37(47)43-23-15-5-7-17-25-45-41(3)53/h9-14,19-21,29-30,32-36,45-46,53-54H,5-8,15-18,22-28H2,1-4H3,(H,43,47)(H,44,48)(H,49,50)(H,51,52). The van der Waals surface area contributed by atoms with Crippen molar-refractivity contribution in [3.8, 4) is 0 Å². The summed E-state index contributed by atoms with van der Waals surface area (Å²) in [5.41, 5.74) is 0.954. The summed E-state index contributed by atoms with van der Waals surface area (Å²) >= 11 is 0. The molecule has 0 aromatic heterocycles. The number of carboxylic acids is 2. The number of allylic oxidation sites excluding steroid dienone is 4. The molecule has 0 saturated heterocycles. The molecule has 0 radical (unpaired) electrons. The number of aliphatic carboxylic acids is 2. The lowest BCUT2D eigenvalue weighted by Gasteiger charge is -2.38. The van der Waals surface area contributed by atoms with E-state index in [0.717, 1.165) is 50.5 Å². The summed E-state index contributed by atoms with van der Waals surface area (Å²) in [6.07, 6.45) is 15.0. The van der Waals surface area contributed by atoms with E-state index in [1.807, 2.05) is 61.6 Å². The highest BCUT2D eigenvalue weighted by atomic mass is 16.4. The first kappa shape index (κ1) is 46.7. The minimum Gasteiger partial charge on any atom is -0.481 e. The first-order valence-electron chi connectivity index (χ1n) is 20.1. The predicted molar refractivity (Wildman–Crippen MR) is 216 cm³/mol. The van der Waals surface area contributed by atoms with Crippen molar-refractivity contribution >= 4 is 37.9 Å². The zero-order chi connectivity index (χ0) is 39.9. The number of benzene rings is 1. The molecule has 0 bridgehead atoms. The Bertz CT molecular complexity index is 1320. The minimum atomic E-state index is -1.16. The number of unbranched alkanes of at least 4 members (excludes halogenated alkanes) is 6. The van der Waals surface area contributed by atoms with Crippen molar-refractivity contribution in [3.63, 3.8) is 0 Å². The molecule has 8 N–H and O–H groups in total. The van der Waals surface area contributed by atoms with Crippen LogP contribution in [0.25, 0.3) is 0 Å². The van der Waals surface area contributed by atoms with E-state index in [1.165, 1.54) is 0 Å². The van der Waals surface area contributed by atoms with E-state index < -0.39 is 61.5 Å². The quantitative estimate of drug-likeness (QED) is 0.0419. The van der Waals surface area contributed by atoms with Gasteiger partial charge in [-0.2, -0.15) is 0 Å². The van der Waals surface area contributed by atoms with E-state index in [0.29, 0.717) is 39.0 Å². The van der Waals surface area contributed by atoms with E-state index in [1.54, 1.807) is 20.6 Å². The van der Waals surface area contributed by atoms with Crippen LogP contribution < -0.4 is 21.1 Å². The van der Waals surface area contributed by atoms with Crippen LogP contribution in [0.1, 0.15) is 96.0 Å². The normalized spacial score (nSPS) is 17.1. The Hall–Kier alpha value is -3.45. The summed E-state index contributed by atoms with van der Waals surface area (Å²) < 4.78 is 0. The Labute approximate surface area is 323 Å². The molecule has 14 heteroatoms. The summed E-state index contributed by atoms with van der Waals surface area (Å²) in [5.74, 6) is -8.43. The Kier molecular flexibility index (Phi) is 22.8. The lowest BCUT2D eigenvalue weighted by Crippen LogP contribution is -2.47. The monoisotopic (exact) mass is 753 g/mol. The van der Waals surface area contributed by atoms with E-state index in [-0.39, 0.29) is 30.6 Å². The number of amides is 2. The number of carbonyl (C=O) groups is 4. The van der Waals surface area contributed by atoms with Crippen molar-refractivity contribution in [1.29, 1.82) is 0 Å². The van der Waals surface area contributed by atoms with Crippen LogP contribution in [0.3, 0.4) is 0 Å². The Morgan fingerprint density at radius 1 is 0.704 bits per heavy atom. The molecule has 0 spiro atoms. The fourth-order valence-corrected chi connectivity index (χ4v) is 7.41. The highest BCUT2D eigenvalue weighted by molar-refractivity contribution is 6.45. The lowest BCUT2D eigenvalue weighted by molar-refractivity contribution is -0.152. The van der Waals surface area contributed by atoms with Crippen molar-refractivity contribution in [2.24, 2.45) is 35.5 Å². The number of rotatable bonds is 29. The van der Waals surface area contributed by atoms with Gasteiger partial charge in [-0.1, -0.05) is 94.2 Å². The van der Waals surface area contributed by atoms with E-state index in [2.05, 4.69) is 21.1 Å². The first-order chi connectivity index (χ1) is 25.8. The molecule has 12 nitrogen and oxygen atoms in total. The molecule has 1 aromatic carbocycles. The number of nitrogens with one attached hydrogen (secondary N) is 4. The van der Waals surface area contributed by atoms with Crippen LogP contribution in [0.5, 0.6) is 0 Å². The lowest BCUT2D eigenvalue weighted by atomic mass is 9.66. The van der Waals surface area contributed by atoms with Gasteiger partial charge < -0.3 is 41.4 Å². The average molecular weight is 753 g/mol. The summed E-state index contributed by atoms with van der Waals surface area (Å²) in [5, 5.41) is 51.9. The van der Waals surface area contributed by atoms with Gasteiger partial charge in [0.25, 0.3) is 0 Å². The fourth-order valence-electron chi connectivity index (χ4n) is 7.41. The van der Waals surface area contributed by atoms with Gasteiger partial charge in [0.15, 0.2) is 0 Å². The molecule has 0 saturated carbocycles. The van der Waals surface area contributed by atoms with E-state index >= 15 is 0 Å². The van der Waals surface area contributed by atoms with Crippen LogP contribution >= 0.6 is 0 Å². The predicted octanol–water partition coefficient (Wildman–Crippen LogP) is 4.73. The third-order valence-electron chi connectivity index (χ3n) is 10.6. The SMILES string of the molecule is CB(O)NCCCCCCNC(=O)C(C)C(CC(C1C=CC=CC1)C(C(=O)NCCCCCCNB(C)O)C(CC(C)c1ccccc1)C(=O)O)C(=O)O. The van der Waals surface area contributed by atoms with Crippen LogP contribution in [0, 0.1) is 35.5 Å². The summed E-state index contributed by atoms with van der Waals surface area (Å²) in [6, 6.07) is 9.57. The largest absolute Gasteiger partial charge is 0.481 e. The van der Waals surface area contributed by atoms with Gasteiger partial charge in [-0.3, -0.25) is 19.2 Å². The van der Waals surface area contributed by atoms with Gasteiger partial charge in [-0.25, -0.2) is 0 Å². The van der Waals surface area contributed by atoms with Gasteiger partial charge >= 0.3 is 26.0 Å². The van der Waals surface area contributed by atoms with Crippen LogP contribution in [-0.4, -0.2) is 84.3 Å². The molecule has 300 valence electrons. The van der Waals surface area contributed by atoms with Crippen LogP contribution in [0.2, 0.25) is 13.6 Å². The maximum absolute atomic E-state index is 14.4. The number of hydrogen-bond donors (Lipinski definition) is 8. The molecule has 1 aliphatic carbocycles. The minimum absolute atomic E-state index is 0.0408. The molecule has 0 aliphatic heterocycles. The van der Waals surface area contributed by atoms with Gasteiger partial charge in [0.05, 0.1) is 17.8 Å². The molecule has 0 fully saturated rings. The average Bonchev–Trinajstić information content (AvgIpc) is 3.14. The van der Waals surface area contributed by atoms with Gasteiger partial charge in [0.1, 0.15) is 0 Å². The fraction of sp³-hybridized carbons (Fsp3) is 0.650. The Balaban J connectivity index is 2.31. The van der Waals surface area contributed by atoms with Crippen molar-refractivity contribution in [2.45, 2.75) is 104 Å². The second-order valence-electron chi connectivity index (χ2n) is 15.0. The number of carboxylic acid groups (broad SMARTS) is 2. The van der Waals surface area contributed by atoms with Crippen LogP contribution in [0.15, 0.2) is 54.6 Å². The molecule has 0 heterocycles.